The molecule has 0 saturated heterocycles. The van der Waals surface area contributed by atoms with Crippen molar-refractivity contribution in [1.29, 1.82) is 0 Å². The largest absolute Gasteiger partial charge is 0.447 e. The zero-order valence-electron chi connectivity index (χ0n) is 11.6. The average Bonchev–Trinajstić information content (AvgIpc) is 2.91. The van der Waals surface area contributed by atoms with Crippen molar-refractivity contribution in [3.63, 3.8) is 0 Å². The Kier molecular flexibility index (Phi) is 5.41. The van der Waals surface area contributed by atoms with Gasteiger partial charge in [0.05, 0.1) is 6.54 Å². The smallest absolute Gasteiger partial charge is 0.273 e. The molecule has 1 heterocycles. The first-order valence-electron chi connectivity index (χ1n) is 6.49. The molecule has 0 saturated carbocycles. The van der Waals surface area contributed by atoms with E-state index in [9.17, 15) is 8.42 Å². The highest BCUT2D eigenvalue weighted by Crippen LogP contribution is 2.14. The van der Waals surface area contributed by atoms with Crippen molar-refractivity contribution in [3.05, 3.63) is 52.7 Å². The number of rotatable bonds is 7. The zero-order chi connectivity index (χ0) is 15.3. The lowest BCUT2D eigenvalue weighted by molar-refractivity contribution is 0.404. The molecule has 114 valence electrons. The number of hydrogen-bond acceptors (Lipinski definition) is 4. The number of furan rings is 1. The zero-order valence-corrected chi connectivity index (χ0v) is 13.2. The van der Waals surface area contributed by atoms with Gasteiger partial charge in [-0.3, -0.25) is 0 Å². The lowest BCUT2D eigenvalue weighted by atomic mass is 10.2. The molecule has 2 N–H and O–H groups in total. The molecule has 0 aliphatic carbocycles. The van der Waals surface area contributed by atoms with Gasteiger partial charge in [0, 0.05) is 11.6 Å². The fourth-order valence-corrected chi connectivity index (χ4v) is 2.93. The monoisotopic (exact) mass is 328 g/mol. The van der Waals surface area contributed by atoms with Crippen LogP contribution in [0.2, 0.25) is 5.02 Å². The maximum absolute atomic E-state index is 12.0. The molecule has 0 amide bonds. The van der Waals surface area contributed by atoms with Crippen molar-refractivity contribution in [2.45, 2.75) is 18.1 Å². The Hall–Kier alpha value is -1.34. The molecule has 0 spiro atoms. The Morgan fingerprint density at radius 3 is 2.52 bits per heavy atom. The van der Waals surface area contributed by atoms with Gasteiger partial charge in [-0.25, -0.2) is 13.1 Å². The fraction of sp³-hybridized carbons (Fsp3) is 0.286. The summed E-state index contributed by atoms with van der Waals surface area (Å²) in [4.78, 5) is 0. The molecule has 1 aromatic heterocycles. The Morgan fingerprint density at radius 2 is 1.86 bits per heavy atom. The third-order valence-corrected chi connectivity index (χ3v) is 4.46. The first-order chi connectivity index (χ1) is 10.0. The first-order valence-corrected chi connectivity index (χ1v) is 8.35. The van der Waals surface area contributed by atoms with Gasteiger partial charge in [0.2, 0.25) is 5.09 Å². The van der Waals surface area contributed by atoms with Gasteiger partial charge in [-0.1, -0.05) is 23.7 Å². The third-order valence-electron chi connectivity index (χ3n) is 2.87. The van der Waals surface area contributed by atoms with Crippen LogP contribution in [0.4, 0.5) is 0 Å². The summed E-state index contributed by atoms with van der Waals surface area (Å²) in [7, 11) is -1.84. The molecule has 2 aromatic rings. The van der Waals surface area contributed by atoms with E-state index in [0.29, 0.717) is 30.3 Å². The molecule has 7 heteroatoms. The van der Waals surface area contributed by atoms with E-state index in [1.54, 1.807) is 25.2 Å². The van der Waals surface area contributed by atoms with Crippen LogP contribution in [0.1, 0.15) is 11.3 Å². The average molecular weight is 329 g/mol. The summed E-state index contributed by atoms with van der Waals surface area (Å²) in [6, 6.07) is 10.4. The van der Waals surface area contributed by atoms with Gasteiger partial charge in [0.25, 0.3) is 10.0 Å². The molecule has 5 nitrogen and oxygen atoms in total. The summed E-state index contributed by atoms with van der Waals surface area (Å²) in [5.74, 6) is 0.579. The van der Waals surface area contributed by atoms with Gasteiger partial charge in [0.1, 0.15) is 5.76 Å². The fourth-order valence-electron chi connectivity index (χ4n) is 1.82. The summed E-state index contributed by atoms with van der Waals surface area (Å²) >= 11 is 5.80. The van der Waals surface area contributed by atoms with Crippen LogP contribution < -0.4 is 10.0 Å². The lowest BCUT2D eigenvalue weighted by Gasteiger charge is -2.05. The van der Waals surface area contributed by atoms with E-state index in [0.717, 1.165) is 5.56 Å². The molecule has 2 rings (SSSR count). The maximum Gasteiger partial charge on any atom is 0.273 e. The van der Waals surface area contributed by atoms with Crippen LogP contribution in [0.3, 0.4) is 0 Å². The van der Waals surface area contributed by atoms with E-state index in [1.165, 1.54) is 6.07 Å². The van der Waals surface area contributed by atoms with Gasteiger partial charge in [-0.05, 0) is 43.3 Å². The molecular weight excluding hydrogens is 312 g/mol. The van der Waals surface area contributed by atoms with E-state index in [2.05, 4.69) is 10.0 Å². The molecule has 21 heavy (non-hydrogen) atoms. The second-order valence-corrected chi connectivity index (χ2v) is 6.66. The quantitative estimate of drug-likeness (QED) is 0.817. The van der Waals surface area contributed by atoms with Gasteiger partial charge in [-0.2, -0.15) is 0 Å². The van der Waals surface area contributed by atoms with E-state index >= 15 is 0 Å². The van der Waals surface area contributed by atoms with Gasteiger partial charge in [-0.15, -0.1) is 0 Å². The van der Waals surface area contributed by atoms with Crippen molar-refractivity contribution >= 4 is 21.6 Å². The topological polar surface area (TPSA) is 71.3 Å². The number of nitrogens with one attached hydrogen (secondary N) is 2. The van der Waals surface area contributed by atoms with Gasteiger partial charge < -0.3 is 9.73 Å². The van der Waals surface area contributed by atoms with Crippen molar-refractivity contribution in [2.24, 2.45) is 0 Å². The lowest BCUT2D eigenvalue weighted by Crippen LogP contribution is -2.25. The highest BCUT2D eigenvalue weighted by atomic mass is 35.5. The van der Waals surface area contributed by atoms with E-state index < -0.39 is 10.0 Å². The number of hydrogen-bond donors (Lipinski definition) is 2. The van der Waals surface area contributed by atoms with Crippen LogP contribution in [-0.4, -0.2) is 22.0 Å². The SMILES string of the molecule is CNCc1ccc(S(=O)(=O)NCCc2ccc(Cl)cc2)o1. The molecule has 0 aliphatic rings. The van der Waals surface area contributed by atoms with Crippen LogP contribution in [0.25, 0.3) is 0 Å². The Labute approximate surface area is 129 Å². The van der Waals surface area contributed by atoms with E-state index in [4.69, 9.17) is 16.0 Å². The molecule has 0 atom stereocenters. The molecule has 1 aromatic carbocycles. The van der Waals surface area contributed by atoms with Crippen LogP contribution in [0, 0.1) is 0 Å². The van der Waals surface area contributed by atoms with E-state index in [1.807, 2.05) is 12.1 Å². The second kappa shape index (κ2) is 7.09. The third kappa shape index (κ3) is 4.57. The minimum absolute atomic E-state index is 0.0659. The van der Waals surface area contributed by atoms with Crippen LogP contribution >= 0.6 is 11.6 Å². The summed E-state index contributed by atoms with van der Waals surface area (Å²) < 4.78 is 31.9. The minimum atomic E-state index is -3.61. The van der Waals surface area contributed by atoms with Crippen LogP contribution in [0.5, 0.6) is 0 Å². The van der Waals surface area contributed by atoms with Crippen LogP contribution in [-0.2, 0) is 23.0 Å². The maximum atomic E-state index is 12.0. The molecular formula is C14H17ClN2O3S. The Morgan fingerprint density at radius 1 is 1.14 bits per heavy atom. The number of sulfonamides is 1. The molecule has 0 bridgehead atoms. The molecule has 0 radical (unpaired) electrons. The molecule has 0 unspecified atom stereocenters. The van der Waals surface area contributed by atoms with Crippen molar-refractivity contribution in [1.82, 2.24) is 10.0 Å². The van der Waals surface area contributed by atoms with E-state index in [-0.39, 0.29) is 5.09 Å². The summed E-state index contributed by atoms with van der Waals surface area (Å²) in [6.45, 7) is 0.784. The standard InChI is InChI=1S/C14H17ClN2O3S/c1-16-10-13-6-7-14(20-13)21(18,19)17-9-8-11-2-4-12(15)5-3-11/h2-7,16-17H,8-10H2,1H3. The molecule has 0 fully saturated rings. The van der Waals surface area contributed by atoms with Crippen molar-refractivity contribution in [3.8, 4) is 0 Å². The van der Waals surface area contributed by atoms with Crippen molar-refractivity contribution in [2.75, 3.05) is 13.6 Å². The first kappa shape index (κ1) is 16.0. The van der Waals surface area contributed by atoms with Crippen LogP contribution in [0.15, 0.2) is 45.9 Å². The normalized spacial score (nSPS) is 11.7. The number of halogens is 1. The van der Waals surface area contributed by atoms with Gasteiger partial charge in [0.15, 0.2) is 0 Å². The Balaban J connectivity index is 1.92. The predicted molar refractivity (Wildman–Crippen MR) is 81.8 cm³/mol. The highest BCUT2D eigenvalue weighted by Gasteiger charge is 2.17. The minimum Gasteiger partial charge on any atom is -0.447 e. The summed E-state index contributed by atoms with van der Waals surface area (Å²) in [6.07, 6.45) is 0.584. The predicted octanol–water partition coefficient (Wildman–Crippen LogP) is 2.17. The summed E-state index contributed by atoms with van der Waals surface area (Å²) in [5.41, 5.74) is 1.01. The highest BCUT2D eigenvalue weighted by molar-refractivity contribution is 7.89. The Bertz CT molecular complexity index is 680. The van der Waals surface area contributed by atoms with Crippen molar-refractivity contribution < 1.29 is 12.8 Å². The second-order valence-electron chi connectivity index (χ2n) is 4.53. The van der Waals surface area contributed by atoms with Gasteiger partial charge >= 0.3 is 0 Å². The molecule has 0 aliphatic heterocycles. The summed E-state index contributed by atoms with van der Waals surface area (Å²) in [5, 5.41) is 3.49. The number of benzene rings is 1.